The van der Waals surface area contributed by atoms with Gasteiger partial charge in [-0.25, -0.2) is 0 Å². The van der Waals surface area contributed by atoms with Gasteiger partial charge in [-0.15, -0.1) is 0 Å². The molecule has 0 aromatic carbocycles. The van der Waals surface area contributed by atoms with Crippen LogP contribution >= 0.6 is 0 Å². The van der Waals surface area contributed by atoms with Crippen molar-refractivity contribution in [3.63, 3.8) is 0 Å². The molecular formula is C16H30O2. The molecule has 0 radical (unpaired) electrons. The molecule has 3 saturated carbocycles. The first-order chi connectivity index (χ1) is 8.79. The van der Waals surface area contributed by atoms with Crippen LogP contribution in [-0.4, -0.2) is 17.3 Å². The lowest BCUT2D eigenvalue weighted by atomic mass is 9.80. The van der Waals surface area contributed by atoms with Crippen molar-refractivity contribution in [1.82, 2.24) is 0 Å². The Bertz CT molecular complexity index is 251. The first kappa shape index (κ1) is 15.6. The quantitative estimate of drug-likeness (QED) is 0.755. The van der Waals surface area contributed by atoms with Crippen LogP contribution in [0.5, 0.6) is 0 Å². The summed E-state index contributed by atoms with van der Waals surface area (Å²) in [6.45, 7) is 11.6. The molecule has 0 aliphatic heterocycles. The Labute approximate surface area is 112 Å². The molecule has 3 rings (SSSR count). The molecule has 2 bridgehead atoms. The Morgan fingerprint density at radius 3 is 2.17 bits per heavy atom. The zero-order chi connectivity index (χ0) is 13.7. The second-order valence-corrected chi connectivity index (χ2v) is 5.19. The van der Waals surface area contributed by atoms with Gasteiger partial charge in [0.1, 0.15) is 0 Å². The van der Waals surface area contributed by atoms with Crippen LogP contribution in [0, 0.1) is 23.7 Å². The highest BCUT2D eigenvalue weighted by atomic mass is 16.5. The molecule has 3 aliphatic rings. The largest absolute Gasteiger partial charge is 0.499 e. The van der Waals surface area contributed by atoms with Crippen LogP contribution in [0.25, 0.3) is 0 Å². The summed E-state index contributed by atoms with van der Waals surface area (Å²) in [4.78, 5) is 0. The Morgan fingerprint density at radius 1 is 0.944 bits per heavy atom. The second kappa shape index (κ2) is 7.18. The zero-order valence-corrected chi connectivity index (χ0v) is 12.4. The van der Waals surface area contributed by atoms with E-state index in [0.717, 1.165) is 30.6 Å². The molecule has 6 unspecified atom stereocenters. The average Bonchev–Trinajstić information content (AvgIpc) is 3.05. The molecular weight excluding hydrogens is 224 g/mol. The summed E-state index contributed by atoms with van der Waals surface area (Å²) in [6.07, 6.45) is 6.62. The Balaban J connectivity index is 0.000000371. The molecule has 3 aliphatic carbocycles. The van der Waals surface area contributed by atoms with Gasteiger partial charge in [0.2, 0.25) is 0 Å². The minimum atomic E-state index is -0.0104. The molecule has 1 N–H and O–H groups in total. The van der Waals surface area contributed by atoms with Gasteiger partial charge in [-0.2, -0.15) is 0 Å². The summed E-state index contributed by atoms with van der Waals surface area (Å²) >= 11 is 0. The first-order valence-corrected chi connectivity index (χ1v) is 7.74. The van der Waals surface area contributed by atoms with Crippen molar-refractivity contribution in [2.45, 2.75) is 65.6 Å². The molecule has 2 nitrogen and oxygen atoms in total. The van der Waals surface area contributed by atoms with Gasteiger partial charge in [-0.3, -0.25) is 0 Å². The molecule has 0 aromatic heterocycles. The van der Waals surface area contributed by atoms with Gasteiger partial charge >= 0.3 is 0 Å². The van der Waals surface area contributed by atoms with Crippen LogP contribution in [0.4, 0.5) is 0 Å². The summed E-state index contributed by atoms with van der Waals surface area (Å²) < 4.78 is 5.48. The predicted molar refractivity (Wildman–Crippen MR) is 76.2 cm³/mol. The standard InChI is InChI=1S/C12H18O2.2C2H6/c1-2-14-8-5-9-7-3-11(10(9)6-8)12(13)4-7;2*1-2/h2,7-13H,1,3-6H2;2*1-2H3. The fourth-order valence-corrected chi connectivity index (χ4v) is 4.23. The van der Waals surface area contributed by atoms with Crippen molar-refractivity contribution in [1.29, 1.82) is 0 Å². The maximum atomic E-state index is 9.82. The van der Waals surface area contributed by atoms with Gasteiger partial charge in [0.25, 0.3) is 0 Å². The van der Waals surface area contributed by atoms with Crippen LogP contribution in [0.15, 0.2) is 12.8 Å². The van der Waals surface area contributed by atoms with Crippen molar-refractivity contribution < 1.29 is 9.84 Å². The smallest absolute Gasteiger partial charge is 0.0983 e. The zero-order valence-electron chi connectivity index (χ0n) is 12.4. The maximum absolute atomic E-state index is 9.82. The van der Waals surface area contributed by atoms with E-state index in [1.54, 1.807) is 6.26 Å². The average molecular weight is 254 g/mol. The maximum Gasteiger partial charge on any atom is 0.0983 e. The molecule has 0 saturated heterocycles. The molecule has 0 amide bonds. The molecule has 0 aromatic rings. The summed E-state index contributed by atoms with van der Waals surface area (Å²) in [5, 5.41) is 9.82. The highest BCUT2D eigenvalue weighted by Gasteiger charge is 2.55. The molecule has 6 atom stereocenters. The normalized spacial score (nSPS) is 43.2. The molecule has 0 heterocycles. The number of hydrogen-bond donors (Lipinski definition) is 1. The van der Waals surface area contributed by atoms with E-state index in [4.69, 9.17) is 4.74 Å². The highest BCUT2D eigenvalue weighted by Crippen LogP contribution is 2.59. The van der Waals surface area contributed by atoms with Crippen LogP contribution < -0.4 is 0 Å². The third-order valence-corrected chi connectivity index (χ3v) is 4.68. The van der Waals surface area contributed by atoms with Gasteiger partial charge in [0, 0.05) is 0 Å². The minimum absolute atomic E-state index is 0.0104. The SMILES string of the molecule is C=COC1CC2C3CC(O)C(C3)C2C1.CC.CC. The number of rotatable bonds is 2. The lowest BCUT2D eigenvalue weighted by Gasteiger charge is -2.27. The van der Waals surface area contributed by atoms with Gasteiger partial charge in [-0.1, -0.05) is 34.3 Å². The molecule has 2 heteroatoms. The third-order valence-electron chi connectivity index (χ3n) is 4.68. The van der Waals surface area contributed by atoms with E-state index in [1.807, 2.05) is 27.7 Å². The Hall–Kier alpha value is -0.500. The minimum Gasteiger partial charge on any atom is -0.499 e. The lowest BCUT2D eigenvalue weighted by molar-refractivity contribution is 0.0630. The Morgan fingerprint density at radius 2 is 1.56 bits per heavy atom. The van der Waals surface area contributed by atoms with E-state index in [2.05, 4.69) is 6.58 Å². The van der Waals surface area contributed by atoms with Crippen molar-refractivity contribution in [3.8, 4) is 0 Å². The third kappa shape index (κ3) is 2.74. The molecule has 106 valence electrons. The molecule has 3 fully saturated rings. The fraction of sp³-hybridized carbons (Fsp3) is 0.875. The van der Waals surface area contributed by atoms with Crippen LogP contribution in [0.3, 0.4) is 0 Å². The van der Waals surface area contributed by atoms with E-state index < -0.39 is 0 Å². The predicted octanol–water partition coefficient (Wildman–Crippen LogP) is 3.99. The lowest BCUT2D eigenvalue weighted by Crippen LogP contribution is -2.27. The van der Waals surface area contributed by atoms with Crippen LogP contribution in [-0.2, 0) is 4.74 Å². The molecule has 18 heavy (non-hydrogen) atoms. The number of aliphatic hydroxyl groups excluding tert-OH is 1. The van der Waals surface area contributed by atoms with E-state index in [1.165, 1.54) is 12.8 Å². The van der Waals surface area contributed by atoms with Gasteiger partial charge in [0.05, 0.1) is 18.5 Å². The second-order valence-electron chi connectivity index (χ2n) is 5.19. The van der Waals surface area contributed by atoms with Gasteiger partial charge in [0.15, 0.2) is 0 Å². The fourth-order valence-electron chi connectivity index (χ4n) is 4.23. The summed E-state index contributed by atoms with van der Waals surface area (Å²) in [5.74, 6) is 2.96. The number of aliphatic hydroxyl groups is 1. The van der Waals surface area contributed by atoms with Crippen molar-refractivity contribution in [2.24, 2.45) is 23.7 Å². The summed E-state index contributed by atoms with van der Waals surface area (Å²) in [6, 6.07) is 0. The van der Waals surface area contributed by atoms with E-state index in [9.17, 15) is 5.11 Å². The van der Waals surface area contributed by atoms with Crippen molar-refractivity contribution >= 4 is 0 Å². The van der Waals surface area contributed by atoms with Gasteiger partial charge in [-0.05, 0) is 49.4 Å². The van der Waals surface area contributed by atoms with E-state index in [0.29, 0.717) is 12.0 Å². The van der Waals surface area contributed by atoms with Gasteiger partial charge < -0.3 is 9.84 Å². The number of hydrogen-bond acceptors (Lipinski definition) is 2. The highest BCUT2D eigenvalue weighted by molar-refractivity contribution is 5.05. The monoisotopic (exact) mass is 254 g/mol. The number of fused-ring (bicyclic) bond motifs is 5. The topological polar surface area (TPSA) is 29.5 Å². The van der Waals surface area contributed by atoms with Crippen LogP contribution in [0.1, 0.15) is 53.4 Å². The summed E-state index contributed by atoms with van der Waals surface area (Å²) in [7, 11) is 0. The Kier molecular flexibility index (Phi) is 6.20. The summed E-state index contributed by atoms with van der Waals surface area (Å²) in [5.41, 5.74) is 0. The molecule has 0 spiro atoms. The van der Waals surface area contributed by atoms with Crippen molar-refractivity contribution in [2.75, 3.05) is 0 Å². The van der Waals surface area contributed by atoms with Crippen LogP contribution in [0.2, 0.25) is 0 Å². The van der Waals surface area contributed by atoms with Crippen molar-refractivity contribution in [3.05, 3.63) is 12.8 Å². The van der Waals surface area contributed by atoms with E-state index >= 15 is 0 Å². The number of ether oxygens (including phenoxy) is 1. The van der Waals surface area contributed by atoms with E-state index in [-0.39, 0.29) is 6.10 Å². The first-order valence-electron chi connectivity index (χ1n) is 7.74.